The van der Waals surface area contributed by atoms with Gasteiger partial charge in [-0.3, -0.25) is 4.90 Å². The van der Waals surface area contributed by atoms with Crippen molar-refractivity contribution in [2.45, 2.75) is 24.9 Å². The Morgan fingerprint density at radius 3 is 2.89 bits per heavy atom. The highest BCUT2D eigenvalue weighted by atomic mass is 79.9. The van der Waals surface area contributed by atoms with Crippen molar-refractivity contribution in [3.63, 3.8) is 0 Å². The third-order valence-corrected chi connectivity index (χ3v) is 6.19. The standard InChI is InChI=1S/C13H21BrClN3S/c1-17(2)8-9-4-3-5-18(9)11(7-16)12-6-10(14)13(15)19-12/h6,9,11H,3-5,7-8,16H2,1-2H3. The third-order valence-electron chi connectivity index (χ3n) is 3.61. The van der Waals surface area contributed by atoms with Gasteiger partial charge in [0.1, 0.15) is 4.34 Å². The quantitative estimate of drug-likeness (QED) is 0.868. The van der Waals surface area contributed by atoms with Crippen LogP contribution in [-0.4, -0.2) is 49.6 Å². The summed E-state index contributed by atoms with van der Waals surface area (Å²) in [6.07, 6.45) is 2.52. The van der Waals surface area contributed by atoms with Crippen molar-refractivity contribution in [2.75, 3.05) is 33.7 Å². The molecular weight excluding hydrogens is 346 g/mol. The van der Waals surface area contributed by atoms with Crippen LogP contribution in [0.15, 0.2) is 10.5 Å². The van der Waals surface area contributed by atoms with Crippen LogP contribution in [0.25, 0.3) is 0 Å². The molecule has 0 bridgehead atoms. The van der Waals surface area contributed by atoms with Crippen LogP contribution in [0.4, 0.5) is 0 Å². The van der Waals surface area contributed by atoms with Crippen LogP contribution in [0, 0.1) is 0 Å². The zero-order chi connectivity index (χ0) is 14.0. The maximum absolute atomic E-state index is 6.16. The van der Waals surface area contributed by atoms with Gasteiger partial charge in [-0.1, -0.05) is 11.6 Å². The van der Waals surface area contributed by atoms with E-state index in [2.05, 4.69) is 45.9 Å². The van der Waals surface area contributed by atoms with Gasteiger partial charge >= 0.3 is 0 Å². The number of hydrogen-bond donors (Lipinski definition) is 1. The summed E-state index contributed by atoms with van der Waals surface area (Å²) in [6, 6.07) is 3.01. The lowest BCUT2D eigenvalue weighted by Crippen LogP contribution is -2.42. The highest BCUT2D eigenvalue weighted by Gasteiger charge is 2.32. The van der Waals surface area contributed by atoms with Crippen molar-refractivity contribution in [3.05, 3.63) is 19.8 Å². The van der Waals surface area contributed by atoms with E-state index in [1.54, 1.807) is 11.3 Å². The Bertz CT molecular complexity index is 405. The van der Waals surface area contributed by atoms with Crippen LogP contribution in [-0.2, 0) is 0 Å². The molecule has 0 saturated carbocycles. The van der Waals surface area contributed by atoms with Crippen molar-refractivity contribution < 1.29 is 0 Å². The molecule has 0 amide bonds. The summed E-state index contributed by atoms with van der Waals surface area (Å²) >= 11 is 11.3. The van der Waals surface area contributed by atoms with Crippen LogP contribution in [0.2, 0.25) is 4.34 Å². The average molecular weight is 367 g/mol. The summed E-state index contributed by atoms with van der Waals surface area (Å²) in [5, 5.41) is 0. The highest BCUT2D eigenvalue weighted by molar-refractivity contribution is 9.10. The van der Waals surface area contributed by atoms with E-state index in [0.29, 0.717) is 18.6 Å². The lowest BCUT2D eigenvalue weighted by molar-refractivity contribution is 0.158. The molecule has 1 aromatic heterocycles. The van der Waals surface area contributed by atoms with Gasteiger partial charge in [0, 0.05) is 28.5 Å². The van der Waals surface area contributed by atoms with E-state index >= 15 is 0 Å². The number of likely N-dealkylation sites (N-methyl/N-ethyl adjacent to an activating group) is 1. The fourth-order valence-electron chi connectivity index (χ4n) is 2.83. The molecule has 108 valence electrons. The molecule has 1 aliphatic heterocycles. The molecule has 2 rings (SSSR count). The predicted octanol–water partition coefficient (Wildman–Crippen LogP) is 3.19. The predicted molar refractivity (Wildman–Crippen MR) is 87.1 cm³/mol. The molecular formula is C13H21BrClN3S. The molecule has 1 aliphatic rings. The minimum absolute atomic E-state index is 0.293. The Labute approximate surface area is 132 Å². The normalized spacial score (nSPS) is 22.3. The Kier molecular flexibility index (Phi) is 5.69. The average Bonchev–Trinajstić information content (AvgIpc) is 2.89. The monoisotopic (exact) mass is 365 g/mol. The van der Waals surface area contributed by atoms with Crippen LogP contribution in [0.1, 0.15) is 23.8 Å². The molecule has 1 fully saturated rings. The van der Waals surface area contributed by atoms with Gasteiger partial charge < -0.3 is 10.6 Å². The zero-order valence-electron chi connectivity index (χ0n) is 11.4. The summed E-state index contributed by atoms with van der Waals surface area (Å²) in [6.45, 7) is 2.87. The van der Waals surface area contributed by atoms with E-state index in [-0.39, 0.29) is 0 Å². The third kappa shape index (κ3) is 3.71. The molecule has 2 unspecified atom stereocenters. The molecule has 0 aliphatic carbocycles. The van der Waals surface area contributed by atoms with Gasteiger partial charge in [-0.25, -0.2) is 0 Å². The number of rotatable bonds is 5. The van der Waals surface area contributed by atoms with Gasteiger partial charge in [-0.15, -0.1) is 11.3 Å². The number of halogens is 2. The zero-order valence-corrected chi connectivity index (χ0v) is 14.6. The number of hydrogen-bond acceptors (Lipinski definition) is 4. The second kappa shape index (κ2) is 6.87. The number of thiophene rings is 1. The Balaban J connectivity index is 2.16. The van der Waals surface area contributed by atoms with E-state index in [9.17, 15) is 0 Å². The lowest BCUT2D eigenvalue weighted by atomic mass is 10.1. The fourth-order valence-corrected chi connectivity index (χ4v) is 4.70. The van der Waals surface area contributed by atoms with E-state index in [4.69, 9.17) is 17.3 Å². The lowest BCUT2D eigenvalue weighted by Gasteiger charge is -2.33. The van der Waals surface area contributed by atoms with Crippen molar-refractivity contribution in [1.29, 1.82) is 0 Å². The Hall–Kier alpha value is 0.350. The SMILES string of the molecule is CN(C)CC1CCCN1C(CN)c1cc(Br)c(Cl)s1. The van der Waals surface area contributed by atoms with E-state index in [1.807, 2.05) is 0 Å². The van der Waals surface area contributed by atoms with Gasteiger partial charge in [-0.05, 0) is 55.5 Å². The van der Waals surface area contributed by atoms with Gasteiger partial charge in [0.2, 0.25) is 0 Å². The second-order valence-corrected chi connectivity index (χ2v) is 7.86. The van der Waals surface area contributed by atoms with E-state index in [1.165, 1.54) is 17.7 Å². The molecule has 2 heterocycles. The number of nitrogens with zero attached hydrogens (tertiary/aromatic N) is 2. The van der Waals surface area contributed by atoms with Crippen LogP contribution >= 0.6 is 38.9 Å². The molecule has 6 heteroatoms. The van der Waals surface area contributed by atoms with Crippen molar-refractivity contribution in [1.82, 2.24) is 9.80 Å². The van der Waals surface area contributed by atoms with Gasteiger partial charge in [0.05, 0.1) is 6.04 Å². The summed E-state index contributed by atoms with van der Waals surface area (Å²) in [5.41, 5.74) is 6.03. The van der Waals surface area contributed by atoms with Crippen molar-refractivity contribution in [3.8, 4) is 0 Å². The number of likely N-dealkylation sites (tertiary alicyclic amines) is 1. The van der Waals surface area contributed by atoms with Crippen LogP contribution < -0.4 is 5.73 Å². The first-order chi connectivity index (χ1) is 9.02. The number of nitrogens with two attached hydrogens (primary N) is 1. The minimum atomic E-state index is 0.293. The van der Waals surface area contributed by atoms with Crippen molar-refractivity contribution >= 4 is 38.9 Å². The van der Waals surface area contributed by atoms with Crippen LogP contribution in [0.5, 0.6) is 0 Å². The maximum Gasteiger partial charge on any atom is 0.107 e. The van der Waals surface area contributed by atoms with E-state index in [0.717, 1.165) is 21.9 Å². The molecule has 2 N–H and O–H groups in total. The minimum Gasteiger partial charge on any atom is -0.329 e. The molecule has 3 nitrogen and oxygen atoms in total. The van der Waals surface area contributed by atoms with Crippen LogP contribution in [0.3, 0.4) is 0 Å². The topological polar surface area (TPSA) is 32.5 Å². The largest absolute Gasteiger partial charge is 0.329 e. The molecule has 1 aromatic rings. The highest BCUT2D eigenvalue weighted by Crippen LogP contribution is 2.39. The second-order valence-electron chi connectivity index (χ2n) is 5.32. The smallest absolute Gasteiger partial charge is 0.107 e. The van der Waals surface area contributed by atoms with Gasteiger partial charge in [0.15, 0.2) is 0 Å². The molecule has 2 atom stereocenters. The molecule has 0 aromatic carbocycles. The van der Waals surface area contributed by atoms with Gasteiger partial charge in [-0.2, -0.15) is 0 Å². The van der Waals surface area contributed by atoms with E-state index < -0.39 is 0 Å². The summed E-state index contributed by atoms with van der Waals surface area (Å²) in [4.78, 5) is 6.08. The first kappa shape index (κ1) is 15.7. The summed E-state index contributed by atoms with van der Waals surface area (Å²) in [5.74, 6) is 0. The first-order valence-electron chi connectivity index (χ1n) is 6.58. The fraction of sp³-hybridized carbons (Fsp3) is 0.692. The van der Waals surface area contributed by atoms with Gasteiger partial charge in [0.25, 0.3) is 0 Å². The Morgan fingerprint density at radius 1 is 1.63 bits per heavy atom. The first-order valence-corrected chi connectivity index (χ1v) is 8.57. The molecule has 19 heavy (non-hydrogen) atoms. The molecule has 1 saturated heterocycles. The van der Waals surface area contributed by atoms with Crippen molar-refractivity contribution in [2.24, 2.45) is 5.73 Å². The molecule has 0 radical (unpaired) electrons. The Morgan fingerprint density at radius 2 is 2.37 bits per heavy atom. The summed E-state index contributed by atoms with van der Waals surface area (Å²) in [7, 11) is 4.26. The summed E-state index contributed by atoms with van der Waals surface area (Å²) < 4.78 is 1.80. The molecule has 0 spiro atoms. The maximum atomic E-state index is 6.16.